The lowest BCUT2D eigenvalue weighted by Gasteiger charge is -2.36. The van der Waals surface area contributed by atoms with Crippen molar-refractivity contribution in [1.82, 2.24) is 15.2 Å². The summed E-state index contributed by atoms with van der Waals surface area (Å²) in [5.41, 5.74) is 6.08. The number of rotatable bonds is 12. The fourth-order valence-electron chi connectivity index (χ4n) is 5.74. The highest BCUT2D eigenvalue weighted by atomic mass is 16.5. The number of aromatic nitrogens is 1. The maximum atomic E-state index is 14.2. The van der Waals surface area contributed by atoms with E-state index >= 15 is 0 Å². The normalized spacial score (nSPS) is 18.5. The lowest BCUT2D eigenvalue weighted by atomic mass is 9.79. The standard InChI is InChI=1S/C34H43N3O4/c1-5-39-32-18-29(19-33(36-32)40-6-2)41-22-25-10-8-11-26(17-25)30-15-16-35-20-31(30)34(38)37(28-13-14-28)21-27-12-7-9-23(3)24(27)4/h7-12,17-19,28,30-31,35H,5-6,13-16,20-22H2,1-4H3/t30-,31+/m1/s1. The van der Waals surface area contributed by atoms with Gasteiger partial charge < -0.3 is 24.4 Å². The van der Waals surface area contributed by atoms with Crippen LogP contribution < -0.4 is 19.5 Å². The van der Waals surface area contributed by atoms with Gasteiger partial charge in [-0.2, -0.15) is 4.98 Å². The summed E-state index contributed by atoms with van der Waals surface area (Å²) in [6, 6.07) is 18.9. The molecule has 0 radical (unpaired) electrons. The van der Waals surface area contributed by atoms with Crippen LogP contribution in [0.15, 0.2) is 54.6 Å². The highest BCUT2D eigenvalue weighted by Gasteiger charge is 2.40. The van der Waals surface area contributed by atoms with E-state index in [1.54, 1.807) is 12.1 Å². The summed E-state index contributed by atoms with van der Waals surface area (Å²) >= 11 is 0. The van der Waals surface area contributed by atoms with Crippen LogP contribution in [0.2, 0.25) is 0 Å². The zero-order valence-corrected chi connectivity index (χ0v) is 24.8. The van der Waals surface area contributed by atoms with Gasteiger partial charge in [-0.1, -0.05) is 42.5 Å². The number of pyridine rings is 1. The first-order chi connectivity index (χ1) is 20.0. The smallest absolute Gasteiger partial charge is 0.228 e. The minimum Gasteiger partial charge on any atom is -0.489 e. The van der Waals surface area contributed by atoms with Crippen molar-refractivity contribution in [1.29, 1.82) is 0 Å². The number of nitrogens with zero attached hydrogens (tertiary/aromatic N) is 2. The molecule has 7 heteroatoms. The number of carbonyl (C=O) groups excluding carboxylic acids is 1. The Labute approximate surface area is 244 Å². The lowest BCUT2D eigenvalue weighted by Crippen LogP contribution is -2.47. The van der Waals surface area contributed by atoms with Crippen molar-refractivity contribution in [2.24, 2.45) is 5.92 Å². The average molecular weight is 558 g/mol. The van der Waals surface area contributed by atoms with Gasteiger partial charge in [0, 0.05) is 31.3 Å². The van der Waals surface area contributed by atoms with E-state index in [-0.39, 0.29) is 17.7 Å². The van der Waals surface area contributed by atoms with E-state index in [1.165, 1.54) is 22.3 Å². The predicted octanol–water partition coefficient (Wildman–Crippen LogP) is 5.96. The quantitative estimate of drug-likeness (QED) is 0.296. The van der Waals surface area contributed by atoms with E-state index in [0.29, 0.717) is 56.5 Å². The minimum atomic E-state index is -0.0895. The van der Waals surface area contributed by atoms with Crippen LogP contribution in [-0.4, -0.2) is 48.1 Å². The van der Waals surface area contributed by atoms with Gasteiger partial charge in [-0.25, -0.2) is 0 Å². The number of benzene rings is 2. The molecule has 0 unspecified atom stereocenters. The van der Waals surface area contributed by atoms with Gasteiger partial charge in [0.15, 0.2) is 0 Å². The van der Waals surface area contributed by atoms with E-state index in [0.717, 1.165) is 31.4 Å². The van der Waals surface area contributed by atoms with E-state index in [2.05, 4.69) is 71.5 Å². The van der Waals surface area contributed by atoms with Crippen molar-refractivity contribution >= 4 is 5.91 Å². The number of carbonyl (C=O) groups is 1. The third kappa shape index (κ3) is 7.20. The third-order valence-corrected chi connectivity index (χ3v) is 8.25. The molecule has 3 aromatic rings. The van der Waals surface area contributed by atoms with E-state index in [9.17, 15) is 4.79 Å². The van der Waals surface area contributed by atoms with Crippen LogP contribution in [0.1, 0.15) is 66.8 Å². The molecule has 1 amide bonds. The monoisotopic (exact) mass is 557 g/mol. The summed E-state index contributed by atoms with van der Waals surface area (Å²) in [7, 11) is 0. The Morgan fingerprint density at radius 1 is 0.951 bits per heavy atom. The van der Waals surface area contributed by atoms with Crippen molar-refractivity contribution in [2.75, 3.05) is 26.3 Å². The highest BCUT2D eigenvalue weighted by Crippen LogP contribution is 2.37. The first kappa shape index (κ1) is 28.9. The van der Waals surface area contributed by atoms with Crippen LogP contribution in [0.5, 0.6) is 17.5 Å². The second kappa shape index (κ2) is 13.4. The van der Waals surface area contributed by atoms with E-state index in [4.69, 9.17) is 14.2 Å². The Bertz CT molecular complexity index is 1320. The first-order valence-corrected chi connectivity index (χ1v) is 15.0. The first-order valence-electron chi connectivity index (χ1n) is 15.0. The number of aryl methyl sites for hydroxylation is 1. The molecule has 1 saturated carbocycles. The molecule has 2 fully saturated rings. The van der Waals surface area contributed by atoms with E-state index < -0.39 is 0 Å². The summed E-state index contributed by atoms with van der Waals surface area (Å²) in [5.74, 6) is 1.97. The van der Waals surface area contributed by atoms with Crippen molar-refractivity contribution in [3.05, 3.63) is 82.4 Å². The SMILES string of the molecule is CCOc1cc(OCc2cccc([C@H]3CCNC[C@@H]3C(=O)N(Cc3cccc(C)c3C)C3CC3)c2)cc(OCC)n1. The van der Waals surface area contributed by atoms with Crippen molar-refractivity contribution in [3.63, 3.8) is 0 Å². The topological polar surface area (TPSA) is 72.9 Å². The van der Waals surface area contributed by atoms with Crippen molar-refractivity contribution in [2.45, 2.75) is 72.1 Å². The Morgan fingerprint density at radius 2 is 1.68 bits per heavy atom. The van der Waals surface area contributed by atoms with Gasteiger partial charge in [-0.3, -0.25) is 4.79 Å². The summed E-state index contributed by atoms with van der Waals surface area (Å²) < 4.78 is 17.4. The number of hydrogen-bond acceptors (Lipinski definition) is 6. The van der Waals surface area contributed by atoms with Crippen LogP contribution in [0.4, 0.5) is 0 Å². The Balaban J connectivity index is 1.32. The molecule has 1 N–H and O–H groups in total. The van der Waals surface area contributed by atoms with Crippen LogP contribution in [-0.2, 0) is 17.9 Å². The molecule has 1 aromatic heterocycles. The second-order valence-electron chi connectivity index (χ2n) is 11.1. The molecule has 218 valence electrons. The van der Waals surface area contributed by atoms with Gasteiger partial charge in [0.2, 0.25) is 17.7 Å². The van der Waals surface area contributed by atoms with Crippen LogP contribution in [0.3, 0.4) is 0 Å². The molecule has 2 atom stereocenters. The molecule has 7 nitrogen and oxygen atoms in total. The Morgan fingerprint density at radius 3 is 2.39 bits per heavy atom. The van der Waals surface area contributed by atoms with E-state index in [1.807, 2.05) is 13.8 Å². The zero-order chi connectivity index (χ0) is 28.8. The summed E-state index contributed by atoms with van der Waals surface area (Å²) in [4.78, 5) is 20.7. The highest BCUT2D eigenvalue weighted by molar-refractivity contribution is 5.81. The van der Waals surface area contributed by atoms with Gasteiger partial charge in [0.25, 0.3) is 0 Å². The molecule has 1 saturated heterocycles. The molecule has 0 bridgehead atoms. The number of hydrogen-bond donors (Lipinski definition) is 1. The molecular weight excluding hydrogens is 514 g/mol. The van der Waals surface area contributed by atoms with Gasteiger partial charge in [0.1, 0.15) is 12.4 Å². The van der Waals surface area contributed by atoms with Gasteiger partial charge in [0.05, 0.1) is 19.1 Å². The largest absolute Gasteiger partial charge is 0.489 e. The molecule has 1 aliphatic heterocycles. The Hall–Kier alpha value is -3.58. The predicted molar refractivity (Wildman–Crippen MR) is 161 cm³/mol. The molecule has 2 heterocycles. The van der Waals surface area contributed by atoms with Crippen molar-refractivity contribution in [3.8, 4) is 17.5 Å². The van der Waals surface area contributed by atoms with Gasteiger partial charge in [-0.15, -0.1) is 0 Å². The molecule has 5 rings (SSSR count). The molecule has 2 aliphatic rings. The molecule has 41 heavy (non-hydrogen) atoms. The summed E-state index contributed by atoms with van der Waals surface area (Å²) in [5, 5.41) is 3.50. The zero-order valence-electron chi connectivity index (χ0n) is 24.8. The number of nitrogens with one attached hydrogen (secondary N) is 1. The van der Waals surface area contributed by atoms with Gasteiger partial charge >= 0.3 is 0 Å². The fourth-order valence-corrected chi connectivity index (χ4v) is 5.74. The summed E-state index contributed by atoms with van der Waals surface area (Å²) in [6.45, 7) is 11.9. The van der Waals surface area contributed by atoms with Crippen LogP contribution in [0, 0.1) is 19.8 Å². The number of piperidine rings is 1. The van der Waals surface area contributed by atoms with Crippen LogP contribution >= 0.6 is 0 Å². The number of amides is 1. The molecule has 1 aliphatic carbocycles. The summed E-state index contributed by atoms with van der Waals surface area (Å²) in [6.07, 6.45) is 3.13. The lowest BCUT2D eigenvalue weighted by molar-refractivity contribution is -0.138. The molecule has 2 aromatic carbocycles. The second-order valence-corrected chi connectivity index (χ2v) is 11.1. The maximum Gasteiger partial charge on any atom is 0.228 e. The molecule has 0 spiro atoms. The third-order valence-electron chi connectivity index (χ3n) is 8.25. The van der Waals surface area contributed by atoms with Crippen LogP contribution in [0.25, 0.3) is 0 Å². The number of ether oxygens (including phenoxy) is 3. The van der Waals surface area contributed by atoms with Gasteiger partial charge in [-0.05, 0) is 87.2 Å². The Kier molecular flexibility index (Phi) is 9.45. The molecular formula is C34H43N3O4. The maximum absolute atomic E-state index is 14.2. The average Bonchev–Trinajstić information content (AvgIpc) is 3.82. The van der Waals surface area contributed by atoms with Crippen molar-refractivity contribution < 1.29 is 19.0 Å². The fraction of sp³-hybridized carbons (Fsp3) is 0.471. The minimum absolute atomic E-state index is 0.0895.